The van der Waals surface area contributed by atoms with Crippen LogP contribution in [0.5, 0.6) is 11.5 Å². The number of carbonyl (C=O) groups excluding carboxylic acids is 1. The van der Waals surface area contributed by atoms with Gasteiger partial charge in [-0.3, -0.25) is 14.5 Å². The molecule has 1 saturated heterocycles. The van der Waals surface area contributed by atoms with Crippen LogP contribution in [-0.4, -0.2) is 39.4 Å². The van der Waals surface area contributed by atoms with Gasteiger partial charge in [0, 0.05) is 5.56 Å². The molecule has 0 unspecified atom stereocenters. The number of ether oxygens (including phenoxy) is 2. The van der Waals surface area contributed by atoms with Crippen molar-refractivity contribution in [2.45, 2.75) is 13.5 Å². The minimum absolute atomic E-state index is 0.205. The van der Waals surface area contributed by atoms with E-state index in [4.69, 9.17) is 26.8 Å². The van der Waals surface area contributed by atoms with Crippen LogP contribution in [0.25, 0.3) is 6.08 Å². The molecule has 158 valence electrons. The molecule has 0 aliphatic carbocycles. The van der Waals surface area contributed by atoms with E-state index in [1.54, 1.807) is 36.4 Å². The standard InChI is InChI=1S/C22H18N2O5S2/c1-2-28-18-9-14(10-19-21(27)24(12-20(25)26)22(30)31-19)7-8-17(18)29-13-16-6-4-3-5-15(16)11-23/h3-10H,2,12-13H2,1H3,(H,25,26)/b19-10+. The average molecular weight is 455 g/mol. The van der Waals surface area contributed by atoms with Crippen LogP contribution in [0.3, 0.4) is 0 Å². The van der Waals surface area contributed by atoms with E-state index in [2.05, 4.69) is 6.07 Å². The van der Waals surface area contributed by atoms with Crippen LogP contribution in [-0.2, 0) is 16.2 Å². The zero-order valence-electron chi connectivity index (χ0n) is 16.5. The summed E-state index contributed by atoms with van der Waals surface area (Å²) in [6.45, 7) is 1.99. The van der Waals surface area contributed by atoms with Gasteiger partial charge in [0.05, 0.1) is 23.1 Å². The Labute approximate surface area is 188 Å². The lowest BCUT2D eigenvalue weighted by molar-refractivity contribution is -0.140. The van der Waals surface area contributed by atoms with Gasteiger partial charge in [-0.2, -0.15) is 5.26 Å². The zero-order valence-corrected chi connectivity index (χ0v) is 18.2. The summed E-state index contributed by atoms with van der Waals surface area (Å²) in [6, 6.07) is 14.5. The van der Waals surface area contributed by atoms with Crippen LogP contribution < -0.4 is 9.47 Å². The Morgan fingerprint density at radius 1 is 1.26 bits per heavy atom. The fourth-order valence-electron chi connectivity index (χ4n) is 2.84. The third-order valence-electron chi connectivity index (χ3n) is 4.25. The Morgan fingerprint density at radius 3 is 2.74 bits per heavy atom. The highest BCUT2D eigenvalue weighted by molar-refractivity contribution is 8.26. The van der Waals surface area contributed by atoms with Crippen molar-refractivity contribution in [3.63, 3.8) is 0 Å². The molecule has 0 radical (unpaired) electrons. The van der Waals surface area contributed by atoms with Crippen molar-refractivity contribution in [1.29, 1.82) is 5.26 Å². The van der Waals surface area contributed by atoms with Gasteiger partial charge in [-0.05, 0) is 36.8 Å². The third-order valence-corrected chi connectivity index (χ3v) is 5.63. The van der Waals surface area contributed by atoms with Gasteiger partial charge < -0.3 is 14.6 Å². The van der Waals surface area contributed by atoms with Gasteiger partial charge in [0.1, 0.15) is 17.5 Å². The maximum atomic E-state index is 12.5. The highest BCUT2D eigenvalue weighted by Crippen LogP contribution is 2.35. The molecular formula is C22H18N2O5S2. The number of carboxylic acids is 1. The summed E-state index contributed by atoms with van der Waals surface area (Å²) in [7, 11) is 0. The zero-order chi connectivity index (χ0) is 22.4. The van der Waals surface area contributed by atoms with Gasteiger partial charge in [-0.1, -0.05) is 48.2 Å². The molecule has 31 heavy (non-hydrogen) atoms. The maximum absolute atomic E-state index is 12.5. The van der Waals surface area contributed by atoms with Gasteiger partial charge in [0.2, 0.25) is 0 Å². The van der Waals surface area contributed by atoms with Crippen molar-refractivity contribution in [3.8, 4) is 17.6 Å². The highest BCUT2D eigenvalue weighted by Gasteiger charge is 2.33. The van der Waals surface area contributed by atoms with Crippen LogP contribution >= 0.6 is 24.0 Å². The summed E-state index contributed by atoms with van der Waals surface area (Å²) < 4.78 is 11.8. The van der Waals surface area contributed by atoms with Gasteiger partial charge >= 0.3 is 5.97 Å². The second kappa shape index (κ2) is 10.1. The molecule has 3 rings (SSSR count). The Morgan fingerprint density at radius 2 is 2.03 bits per heavy atom. The number of amides is 1. The molecule has 1 fully saturated rings. The lowest BCUT2D eigenvalue weighted by atomic mass is 10.1. The van der Waals surface area contributed by atoms with Gasteiger partial charge in [0.25, 0.3) is 5.91 Å². The number of hydrogen-bond donors (Lipinski definition) is 1. The van der Waals surface area contributed by atoms with Crippen molar-refractivity contribution in [3.05, 3.63) is 64.1 Å². The number of carboxylic acid groups (broad SMARTS) is 1. The summed E-state index contributed by atoms with van der Waals surface area (Å²) in [4.78, 5) is 24.8. The number of benzene rings is 2. The topological polar surface area (TPSA) is 99.9 Å². The third kappa shape index (κ3) is 5.42. The maximum Gasteiger partial charge on any atom is 0.323 e. The van der Waals surface area contributed by atoms with Gasteiger partial charge in [0.15, 0.2) is 11.5 Å². The lowest BCUT2D eigenvalue weighted by Crippen LogP contribution is -2.33. The minimum Gasteiger partial charge on any atom is -0.490 e. The van der Waals surface area contributed by atoms with Crippen LogP contribution in [0.4, 0.5) is 0 Å². The fourth-order valence-corrected chi connectivity index (χ4v) is 4.09. The quantitative estimate of drug-likeness (QED) is 0.475. The van der Waals surface area contributed by atoms with Crippen molar-refractivity contribution < 1.29 is 24.2 Å². The first kappa shape index (κ1) is 22.3. The molecule has 1 aliphatic rings. The molecule has 7 nitrogen and oxygen atoms in total. The van der Waals surface area contributed by atoms with Crippen molar-refractivity contribution >= 4 is 46.3 Å². The molecule has 0 spiro atoms. The fraction of sp³-hybridized carbons (Fsp3) is 0.182. The lowest BCUT2D eigenvalue weighted by Gasteiger charge is -2.13. The monoisotopic (exact) mass is 454 g/mol. The number of thiocarbonyl (C=S) groups is 1. The molecule has 2 aromatic carbocycles. The molecular weight excluding hydrogens is 436 g/mol. The first-order chi connectivity index (χ1) is 14.9. The number of nitriles is 1. The van der Waals surface area contributed by atoms with Crippen molar-refractivity contribution in [1.82, 2.24) is 4.90 Å². The van der Waals surface area contributed by atoms with Crippen molar-refractivity contribution in [2.75, 3.05) is 13.2 Å². The normalized spacial score (nSPS) is 14.6. The number of rotatable bonds is 8. The van der Waals surface area contributed by atoms with E-state index >= 15 is 0 Å². The van der Waals surface area contributed by atoms with Crippen LogP contribution in [0.2, 0.25) is 0 Å². The molecule has 1 N–H and O–H groups in total. The predicted molar refractivity (Wildman–Crippen MR) is 121 cm³/mol. The Balaban J connectivity index is 1.81. The second-order valence-electron chi connectivity index (χ2n) is 6.36. The number of aliphatic carboxylic acids is 1. The van der Waals surface area contributed by atoms with E-state index in [1.807, 2.05) is 19.1 Å². The molecule has 1 aliphatic heterocycles. The van der Waals surface area contributed by atoms with E-state index in [1.165, 1.54) is 0 Å². The Kier molecular flexibility index (Phi) is 7.28. The second-order valence-corrected chi connectivity index (χ2v) is 8.03. The molecule has 0 bridgehead atoms. The molecule has 1 amide bonds. The summed E-state index contributed by atoms with van der Waals surface area (Å²) in [5.41, 5.74) is 1.99. The molecule has 2 aromatic rings. The van der Waals surface area contributed by atoms with Crippen LogP contribution in [0, 0.1) is 11.3 Å². The van der Waals surface area contributed by atoms with Gasteiger partial charge in [-0.15, -0.1) is 0 Å². The highest BCUT2D eigenvalue weighted by atomic mass is 32.2. The van der Waals surface area contributed by atoms with E-state index in [0.717, 1.165) is 22.2 Å². The summed E-state index contributed by atoms with van der Waals surface area (Å²) in [6.07, 6.45) is 1.64. The summed E-state index contributed by atoms with van der Waals surface area (Å²) in [5.74, 6) is -0.573. The molecule has 9 heteroatoms. The minimum atomic E-state index is -1.13. The molecule has 1 heterocycles. The number of hydrogen-bond acceptors (Lipinski definition) is 7. The Bertz CT molecular complexity index is 1110. The van der Waals surface area contributed by atoms with Crippen LogP contribution in [0.1, 0.15) is 23.6 Å². The number of nitrogens with zero attached hydrogens (tertiary/aromatic N) is 2. The molecule has 0 atom stereocenters. The molecule has 0 aromatic heterocycles. The first-order valence-corrected chi connectivity index (χ1v) is 10.5. The first-order valence-electron chi connectivity index (χ1n) is 9.27. The average Bonchev–Trinajstić information content (AvgIpc) is 3.00. The largest absolute Gasteiger partial charge is 0.490 e. The summed E-state index contributed by atoms with van der Waals surface area (Å²) in [5, 5.41) is 18.2. The molecule has 0 saturated carbocycles. The van der Waals surface area contributed by atoms with E-state index < -0.39 is 18.4 Å². The van der Waals surface area contributed by atoms with Crippen LogP contribution in [0.15, 0.2) is 47.4 Å². The van der Waals surface area contributed by atoms with Crippen molar-refractivity contribution in [2.24, 2.45) is 0 Å². The number of carbonyl (C=O) groups is 2. The Hall–Kier alpha value is -3.35. The number of thioether (sulfide) groups is 1. The predicted octanol–water partition coefficient (Wildman–Crippen LogP) is 3.82. The van der Waals surface area contributed by atoms with Gasteiger partial charge in [-0.25, -0.2) is 0 Å². The van der Waals surface area contributed by atoms with E-state index in [9.17, 15) is 14.9 Å². The van der Waals surface area contributed by atoms with E-state index in [0.29, 0.717) is 34.1 Å². The SMILES string of the molecule is CCOc1cc(/C=C2/SC(=S)N(CC(=O)O)C2=O)ccc1OCc1ccccc1C#N. The van der Waals surface area contributed by atoms with E-state index in [-0.39, 0.29) is 10.9 Å². The smallest absolute Gasteiger partial charge is 0.323 e. The summed E-state index contributed by atoms with van der Waals surface area (Å²) >= 11 is 6.17.